The molecule has 2 aromatic carbocycles. The number of fused-ring (bicyclic) bond motifs is 3. The summed E-state index contributed by atoms with van der Waals surface area (Å²) in [7, 11) is 3.96. The lowest BCUT2D eigenvalue weighted by Gasteiger charge is -2.66. The van der Waals surface area contributed by atoms with Crippen molar-refractivity contribution in [3.63, 3.8) is 0 Å². The third-order valence-corrected chi connectivity index (χ3v) is 11.2. The molecule has 1 amide bonds. The number of hydrogen-bond acceptors (Lipinski definition) is 8. The quantitative estimate of drug-likeness (QED) is 0.307. The van der Waals surface area contributed by atoms with Crippen molar-refractivity contribution in [1.82, 2.24) is 4.90 Å². The van der Waals surface area contributed by atoms with Crippen molar-refractivity contribution in [2.75, 3.05) is 14.1 Å². The molecule has 0 heterocycles. The van der Waals surface area contributed by atoms with E-state index < -0.39 is 63.9 Å². The van der Waals surface area contributed by atoms with E-state index in [9.17, 15) is 34.8 Å². The molecular weight excluding hydrogens is 572 g/mol. The molecule has 2 aromatic rings. The molecule has 9 heteroatoms. The molecule has 0 bridgehead atoms. The minimum Gasteiger partial charge on any atom is -0.507 e. The Labute approximate surface area is 265 Å². The first-order chi connectivity index (χ1) is 20.8. The third-order valence-electron chi connectivity index (χ3n) is 11.2. The van der Waals surface area contributed by atoms with Gasteiger partial charge in [-0.1, -0.05) is 65.8 Å². The number of rotatable bonds is 6. The first kappa shape index (κ1) is 33.3. The van der Waals surface area contributed by atoms with Crippen molar-refractivity contribution < 1.29 is 34.8 Å². The van der Waals surface area contributed by atoms with Crippen molar-refractivity contribution in [3.05, 3.63) is 52.6 Å². The number of aromatic hydroxyl groups is 1. The molecule has 244 valence electrons. The molecule has 8 atom stereocenters. The van der Waals surface area contributed by atoms with E-state index in [1.54, 1.807) is 6.92 Å². The molecule has 0 saturated heterocycles. The summed E-state index contributed by atoms with van der Waals surface area (Å²) in [6.45, 7) is 12.0. The molecule has 2 unspecified atom stereocenters. The SMILES string of the molecule is CC(C)c1cc(-c2ccc(CN(C)C)cc2)c(O)c2c1C[C@]1(C)C[C@]3(C)[C@@H](C(C)C)C(O)[C@@H](C(N)=O)C(=O)[C@]3(O)C(O)[C@H]1C2=O. The van der Waals surface area contributed by atoms with E-state index in [0.717, 1.165) is 23.2 Å². The second-order valence-electron chi connectivity index (χ2n) is 15.3. The average Bonchev–Trinajstić information content (AvgIpc) is 2.90. The summed E-state index contributed by atoms with van der Waals surface area (Å²) in [4.78, 5) is 43.2. The fourth-order valence-electron chi connectivity index (χ4n) is 9.52. The largest absolute Gasteiger partial charge is 0.507 e. The summed E-state index contributed by atoms with van der Waals surface area (Å²) in [6.07, 6.45) is -2.94. The molecule has 0 radical (unpaired) electrons. The zero-order chi connectivity index (χ0) is 33.5. The van der Waals surface area contributed by atoms with Gasteiger partial charge in [0.25, 0.3) is 0 Å². The third kappa shape index (κ3) is 4.69. The summed E-state index contributed by atoms with van der Waals surface area (Å²) in [5.74, 6) is -6.97. The molecule has 0 spiro atoms. The predicted octanol–water partition coefficient (Wildman–Crippen LogP) is 3.42. The van der Waals surface area contributed by atoms with Crippen LogP contribution in [0, 0.1) is 34.5 Å². The molecular formula is C36H48N2O7. The van der Waals surface area contributed by atoms with E-state index in [2.05, 4.69) is 4.90 Å². The van der Waals surface area contributed by atoms with Crippen LogP contribution in [0.1, 0.15) is 80.9 Å². The van der Waals surface area contributed by atoms with Gasteiger partial charge < -0.3 is 31.1 Å². The lowest BCUT2D eigenvalue weighted by atomic mass is 9.39. The molecule has 0 aromatic heterocycles. The Hall–Kier alpha value is -3.11. The highest BCUT2D eigenvalue weighted by Gasteiger charge is 2.76. The van der Waals surface area contributed by atoms with E-state index in [1.807, 2.05) is 79.0 Å². The number of ketones is 2. The lowest BCUT2D eigenvalue weighted by molar-refractivity contribution is -0.265. The van der Waals surface area contributed by atoms with Gasteiger partial charge >= 0.3 is 0 Å². The smallest absolute Gasteiger partial charge is 0.230 e. The number of phenols is 1. The molecule has 3 aliphatic carbocycles. The van der Waals surface area contributed by atoms with Crippen LogP contribution in [0.15, 0.2) is 30.3 Å². The Morgan fingerprint density at radius 3 is 2.18 bits per heavy atom. The molecule has 0 aliphatic heterocycles. The van der Waals surface area contributed by atoms with Gasteiger partial charge in [0.2, 0.25) is 5.91 Å². The first-order valence-electron chi connectivity index (χ1n) is 15.9. The highest BCUT2D eigenvalue weighted by molar-refractivity contribution is 6.10. The number of aliphatic hydroxyl groups is 3. The number of benzene rings is 2. The Bertz CT molecular complexity index is 1550. The van der Waals surface area contributed by atoms with Crippen LogP contribution >= 0.6 is 0 Å². The molecule has 9 nitrogen and oxygen atoms in total. The zero-order valence-electron chi connectivity index (χ0n) is 27.6. The van der Waals surface area contributed by atoms with Crippen molar-refractivity contribution >= 4 is 17.5 Å². The van der Waals surface area contributed by atoms with E-state index in [0.29, 0.717) is 17.5 Å². The minimum atomic E-state index is -2.53. The second kappa shape index (κ2) is 11.0. The van der Waals surface area contributed by atoms with Gasteiger partial charge in [-0.05, 0) is 78.4 Å². The van der Waals surface area contributed by atoms with E-state index in [-0.39, 0.29) is 29.6 Å². The lowest BCUT2D eigenvalue weighted by Crippen LogP contribution is -2.79. The maximum absolute atomic E-state index is 14.7. The van der Waals surface area contributed by atoms with E-state index in [1.165, 1.54) is 0 Å². The van der Waals surface area contributed by atoms with Gasteiger partial charge in [0.15, 0.2) is 17.2 Å². The number of hydrogen-bond donors (Lipinski definition) is 5. The maximum atomic E-state index is 14.7. The van der Waals surface area contributed by atoms with Gasteiger partial charge in [0.1, 0.15) is 17.8 Å². The fourth-order valence-corrected chi connectivity index (χ4v) is 9.52. The zero-order valence-corrected chi connectivity index (χ0v) is 27.6. The van der Waals surface area contributed by atoms with Gasteiger partial charge in [-0.25, -0.2) is 0 Å². The van der Waals surface area contributed by atoms with Gasteiger partial charge in [-0.2, -0.15) is 0 Å². The Morgan fingerprint density at radius 2 is 1.67 bits per heavy atom. The van der Waals surface area contributed by atoms with Crippen molar-refractivity contribution in [2.24, 2.45) is 40.2 Å². The number of nitrogens with two attached hydrogens (primary N) is 1. The topological polar surface area (TPSA) is 161 Å². The van der Waals surface area contributed by atoms with Crippen LogP contribution in [0.4, 0.5) is 0 Å². The average molecular weight is 621 g/mol. The predicted molar refractivity (Wildman–Crippen MR) is 170 cm³/mol. The summed E-state index contributed by atoms with van der Waals surface area (Å²) in [5, 5.41) is 47.6. The van der Waals surface area contributed by atoms with Crippen LogP contribution in [0.5, 0.6) is 5.75 Å². The monoisotopic (exact) mass is 620 g/mol. The van der Waals surface area contributed by atoms with Crippen LogP contribution in [0.3, 0.4) is 0 Å². The van der Waals surface area contributed by atoms with Crippen LogP contribution < -0.4 is 5.73 Å². The number of nitrogens with zero attached hydrogens (tertiary/aromatic N) is 1. The normalized spacial score (nSPS) is 34.6. The number of primary amides is 1. The Morgan fingerprint density at radius 1 is 1.07 bits per heavy atom. The maximum Gasteiger partial charge on any atom is 0.230 e. The van der Waals surface area contributed by atoms with Crippen LogP contribution in [-0.2, 0) is 22.6 Å². The highest BCUT2D eigenvalue weighted by atomic mass is 16.4. The Kier molecular flexibility index (Phi) is 8.13. The van der Waals surface area contributed by atoms with Crippen molar-refractivity contribution in [2.45, 2.75) is 84.7 Å². The molecule has 3 aliphatic rings. The standard InChI is InChI=1S/C36H48N2O7/c1-17(2)21-13-22(20-11-9-19(10-12-20)15-38(7)8)28(39)24-23(21)14-34(5)16-35(6)26(18(3)4)30(41)25(33(37)44)31(42)36(35,45)32(43)27(34)29(24)40/h9-13,17-18,25-27,30,32,39,41,43,45H,14-16H2,1-8H3,(H2,37,44)/t25-,26+,27-,30?,32?,34-,35-,36+/m1/s1. The summed E-state index contributed by atoms with van der Waals surface area (Å²) in [6, 6.07) is 9.72. The van der Waals surface area contributed by atoms with E-state index in [4.69, 9.17) is 5.73 Å². The molecule has 2 saturated carbocycles. The Balaban J connectivity index is 1.70. The van der Waals surface area contributed by atoms with Gasteiger partial charge in [-0.15, -0.1) is 0 Å². The molecule has 45 heavy (non-hydrogen) atoms. The molecule has 6 N–H and O–H groups in total. The van der Waals surface area contributed by atoms with Gasteiger partial charge in [-0.3, -0.25) is 14.4 Å². The fraction of sp³-hybridized carbons (Fsp3) is 0.583. The first-order valence-corrected chi connectivity index (χ1v) is 15.9. The van der Waals surface area contributed by atoms with Crippen LogP contribution in [0.25, 0.3) is 11.1 Å². The second-order valence-corrected chi connectivity index (χ2v) is 15.3. The number of carbonyl (C=O) groups excluding carboxylic acids is 3. The summed E-state index contributed by atoms with van der Waals surface area (Å²) >= 11 is 0. The van der Waals surface area contributed by atoms with Crippen LogP contribution in [0.2, 0.25) is 0 Å². The molecule has 2 fully saturated rings. The number of amides is 1. The highest BCUT2D eigenvalue weighted by Crippen LogP contribution is 2.66. The number of phenolic OH excluding ortho intramolecular Hbond substituents is 1. The van der Waals surface area contributed by atoms with Crippen LogP contribution in [-0.4, -0.2) is 74.7 Å². The number of aliphatic hydroxyl groups excluding tert-OH is 2. The van der Waals surface area contributed by atoms with Gasteiger partial charge in [0.05, 0.1) is 17.6 Å². The summed E-state index contributed by atoms with van der Waals surface area (Å²) in [5.41, 5.74) is 4.72. The number of Topliss-reactive ketones (excluding diaryl/α,β-unsaturated/α-hetero) is 2. The van der Waals surface area contributed by atoms with Crippen molar-refractivity contribution in [3.8, 4) is 16.9 Å². The van der Waals surface area contributed by atoms with E-state index >= 15 is 0 Å². The van der Waals surface area contributed by atoms with Gasteiger partial charge in [0, 0.05) is 17.5 Å². The minimum absolute atomic E-state index is 0.00193. The van der Waals surface area contributed by atoms with Crippen molar-refractivity contribution in [1.29, 1.82) is 0 Å². The molecule has 5 rings (SSSR count). The number of carbonyl (C=O) groups is 3. The summed E-state index contributed by atoms with van der Waals surface area (Å²) < 4.78 is 0.